The van der Waals surface area contributed by atoms with E-state index in [4.69, 9.17) is 0 Å². The van der Waals surface area contributed by atoms with E-state index in [-0.39, 0.29) is 17.9 Å². The number of imide groups is 1. The fraction of sp³-hybridized carbons (Fsp3) is 0.167. The maximum atomic E-state index is 13.8. The van der Waals surface area contributed by atoms with Gasteiger partial charge in [-0.1, -0.05) is 36.4 Å². The number of urea groups is 2. The van der Waals surface area contributed by atoms with Gasteiger partial charge in [-0.2, -0.15) is 13.2 Å². The van der Waals surface area contributed by atoms with Crippen molar-refractivity contribution in [2.75, 3.05) is 21.2 Å². The molecule has 1 aliphatic heterocycles. The molecular weight excluding hydrogens is 419 g/mol. The molecule has 0 N–H and O–H groups in total. The molecule has 0 fully saturated rings. The summed E-state index contributed by atoms with van der Waals surface area (Å²) in [5.41, 5.74) is 0.701. The molecule has 0 atom stereocenters. The molecule has 0 spiro atoms. The summed E-state index contributed by atoms with van der Waals surface area (Å²) >= 11 is 0. The maximum Gasteiger partial charge on any atom is 0.416 e. The molecule has 3 aromatic carbocycles. The number of rotatable bonds is 3. The Morgan fingerprint density at radius 3 is 2.03 bits per heavy atom. The van der Waals surface area contributed by atoms with Gasteiger partial charge in [0.15, 0.2) is 0 Å². The lowest BCUT2D eigenvalue weighted by atomic mass is 10.1. The normalized spacial score (nSPS) is 14.5. The first-order chi connectivity index (χ1) is 15.2. The molecule has 0 saturated carbocycles. The average Bonchev–Trinajstić information content (AvgIpc) is 2.85. The van der Waals surface area contributed by atoms with Crippen LogP contribution >= 0.6 is 0 Å². The van der Waals surface area contributed by atoms with Crippen molar-refractivity contribution in [2.45, 2.75) is 20.0 Å². The number of alkyl halides is 3. The molecule has 1 heterocycles. The molecule has 164 valence electrons. The molecule has 4 rings (SSSR count). The molecule has 0 unspecified atom stereocenters. The number of aryl methyl sites for hydroxylation is 1. The monoisotopic (exact) mass is 439 g/mol. The van der Waals surface area contributed by atoms with E-state index in [0.717, 1.165) is 21.9 Å². The van der Waals surface area contributed by atoms with E-state index in [2.05, 4.69) is 0 Å². The van der Waals surface area contributed by atoms with Crippen molar-refractivity contribution in [2.24, 2.45) is 0 Å². The smallest absolute Gasteiger partial charge is 0.292 e. The molecule has 4 amide bonds. The fourth-order valence-electron chi connectivity index (χ4n) is 3.77. The Hall–Kier alpha value is -3.81. The Balaban J connectivity index is 2.02. The van der Waals surface area contributed by atoms with E-state index >= 15 is 0 Å². The standard InChI is InChI=1S/C24H20F3N3O2/c1-3-28-20-14-13-17(24(25,26)27)15-21(20)29(18-10-5-4-6-11-18)23(32)30(22(28)31)19-12-8-7-9-16(19)2/h4-15H,3H2,1-2H3. The van der Waals surface area contributed by atoms with Crippen LogP contribution in [-0.2, 0) is 6.18 Å². The van der Waals surface area contributed by atoms with Gasteiger partial charge in [-0.3, -0.25) is 9.80 Å². The number of hydrogen-bond donors (Lipinski definition) is 0. The van der Waals surface area contributed by atoms with E-state index in [1.165, 1.54) is 11.0 Å². The van der Waals surface area contributed by atoms with Crippen molar-refractivity contribution < 1.29 is 22.8 Å². The van der Waals surface area contributed by atoms with Gasteiger partial charge in [-0.15, -0.1) is 0 Å². The van der Waals surface area contributed by atoms with Crippen LogP contribution in [0.5, 0.6) is 0 Å². The molecule has 0 aromatic heterocycles. The quantitative estimate of drug-likeness (QED) is 0.454. The van der Waals surface area contributed by atoms with Gasteiger partial charge in [0.1, 0.15) is 0 Å². The number of benzene rings is 3. The lowest BCUT2D eigenvalue weighted by molar-refractivity contribution is -0.137. The number of amides is 4. The predicted molar refractivity (Wildman–Crippen MR) is 117 cm³/mol. The summed E-state index contributed by atoms with van der Waals surface area (Å²) in [6.07, 6.45) is -4.61. The zero-order valence-electron chi connectivity index (χ0n) is 17.4. The summed E-state index contributed by atoms with van der Waals surface area (Å²) in [6, 6.07) is 16.9. The van der Waals surface area contributed by atoms with Crippen LogP contribution < -0.4 is 14.7 Å². The molecule has 3 aromatic rings. The number of fused-ring (bicyclic) bond motifs is 1. The van der Waals surface area contributed by atoms with E-state index in [1.807, 2.05) is 0 Å². The first kappa shape index (κ1) is 21.4. The second-order valence-corrected chi connectivity index (χ2v) is 7.30. The zero-order chi connectivity index (χ0) is 23.0. The SMILES string of the molecule is CCN1C(=O)N(c2ccccc2C)C(=O)N(c2ccccc2)c2cc(C(F)(F)F)ccc21. The van der Waals surface area contributed by atoms with Crippen molar-refractivity contribution in [3.05, 3.63) is 83.9 Å². The summed E-state index contributed by atoms with van der Waals surface area (Å²) in [7, 11) is 0. The second kappa shape index (κ2) is 8.03. The van der Waals surface area contributed by atoms with Crippen LogP contribution in [0.1, 0.15) is 18.1 Å². The summed E-state index contributed by atoms with van der Waals surface area (Å²) in [4.78, 5) is 30.8. The van der Waals surface area contributed by atoms with Crippen LogP contribution in [0, 0.1) is 6.92 Å². The van der Waals surface area contributed by atoms with E-state index in [1.54, 1.807) is 68.4 Å². The van der Waals surface area contributed by atoms with Crippen molar-refractivity contribution in [3.63, 3.8) is 0 Å². The van der Waals surface area contributed by atoms with Crippen LogP contribution in [0.4, 0.5) is 45.5 Å². The van der Waals surface area contributed by atoms with Crippen LogP contribution in [0.2, 0.25) is 0 Å². The van der Waals surface area contributed by atoms with Gasteiger partial charge in [0.05, 0.1) is 28.3 Å². The minimum atomic E-state index is -4.61. The highest BCUT2D eigenvalue weighted by Gasteiger charge is 2.41. The van der Waals surface area contributed by atoms with E-state index in [9.17, 15) is 22.8 Å². The molecule has 8 heteroatoms. The molecule has 0 bridgehead atoms. The molecule has 32 heavy (non-hydrogen) atoms. The Kier molecular flexibility index (Phi) is 5.38. The Morgan fingerprint density at radius 1 is 0.750 bits per heavy atom. The van der Waals surface area contributed by atoms with Gasteiger partial charge in [0.25, 0.3) is 0 Å². The summed E-state index contributed by atoms with van der Waals surface area (Å²) in [5, 5.41) is 0. The third kappa shape index (κ3) is 3.57. The first-order valence-corrected chi connectivity index (χ1v) is 10.0. The minimum absolute atomic E-state index is 0.0118. The topological polar surface area (TPSA) is 43.9 Å². The largest absolute Gasteiger partial charge is 0.416 e. The van der Waals surface area contributed by atoms with E-state index in [0.29, 0.717) is 16.9 Å². The summed E-state index contributed by atoms with van der Waals surface area (Å²) < 4.78 is 40.6. The molecule has 1 aliphatic rings. The van der Waals surface area contributed by atoms with Gasteiger partial charge < -0.3 is 0 Å². The Bertz CT molecular complexity index is 1180. The number of carbonyl (C=O) groups excluding carboxylic acids is 2. The number of halogens is 3. The minimum Gasteiger partial charge on any atom is -0.292 e. The number of carbonyl (C=O) groups is 2. The van der Waals surface area contributed by atoms with Gasteiger partial charge in [-0.25, -0.2) is 14.5 Å². The molecule has 0 aliphatic carbocycles. The van der Waals surface area contributed by atoms with Crippen molar-refractivity contribution in [3.8, 4) is 0 Å². The van der Waals surface area contributed by atoms with Gasteiger partial charge in [0, 0.05) is 6.54 Å². The highest BCUT2D eigenvalue weighted by atomic mass is 19.4. The number of hydrogen-bond acceptors (Lipinski definition) is 2. The van der Waals surface area contributed by atoms with Crippen LogP contribution in [0.25, 0.3) is 0 Å². The molecular formula is C24H20F3N3O2. The van der Waals surface area contributed by atoms with Crippen molar-refractivity contribution in [1.29, 1.82) is 0 Å². The lowest BCUT2D eigenvalue weighted by Gasteiger charge is -2.28. The number of nitrogens with zero attached hydrogens (tertiary/aromatic N) is 3. The maximum absolute atomic E-state index is 13.8. The van der Waals surface area contributed by atoms with Crippen molar-refractivity contribution >= 4 is 34.8 Å². The Morgan fingerprint density at radius 2 is 1.41 bits per heavy atom. The predicted octanol–water partition coefficient (Wildman–Crippen LogP) is 6.74. The molecule has 0 radical (unpaired) electrons. The molecule has 5 nitrogen and oxygen atoms in total. The van der Waals surface area contributed by atoms with Crippen LogP contribution in [0.15, 0.2) is 72.8 Å². The Labute approximate surface area is 183 Å². The third-order valence-corrected chi connectivity index (χ3v) is 5.33. The summed E-state index contributed by atoms with van der Waals surface area (Å²) in [5.74, 6) is 0. The first-order valence-electron chi connectivity index (χ1n) is 10.0. The summed E-state index contributed by atoms with van der Waals surface area (Å²) in [6.45, 7) is 3.63. The van der Waals surface area contributed by atoms with Crippen LogP contribution in [-0.4, -0.2) is 18.6 Å². The van der Waals surface area contributed by atoms with Gasteiger partial charge in [0.2, 0.25) is 0 Å². The second-order valence-electron chi connectivity index (χ2n) is 7.30. The van der Waals surface area contributed by atoms with Gasteiger partial charge >= 0.3 is 18.2 Å². The average molecular weight is 439 g/mol. The zero-order valence-corrected chi connectivity index (χ0v) is 17.4. The fourth-order valence-corrected chi connectivity index (χ4v) is 3.77. The molecule has 0 saturated heterocycles. The number of para-hydroxylation sites is 2. The highest BCUT2D eigenvalue weighted by Crippen LogP contribution is 2.43. The van der Waals surface area contributed by atoms with Crippen molar-refractivity contribution in [1.82, 2.24) is 0 Å². The third-order valence-electron chi connectivity index (χ3n) is 5.33. The lowest BCUT2D eigenvalue weighted by Crippen LogP contribution is -2.48. The highest BCUT2D eigenvalue weighted by molar-refractivity contribution is 6.28. The van der Waals surface area contributed by atoms with Gasteiger partial charge in [-0.05, 0) is 55.8 Å². The van der Waals surface area contributed by atoms with Crippen LogP contribution in [0.3, 0.4) is 0 Å². The number of anilines is 4. The van der Waals surface area contributed by atoms with E-state index < -0.39 is 23.8 Å².